The summed E-state index contributed by atoms with van der Waals surface area (Å²) < 4.78 is 5.33. The van der Waals surface area contributed by atoms with Crippen LogP contribution in [0.5, 0.6) is 5.75 Å². The number of rotatable bonds is 2. The molecule has 0 spiro atoms. The molecule has 1 saturated heterocycles. The van der Waals surface area contributed by atoms with E-state index >= 15 is 0 Å². The Labute approximate surface area is 126 Å². The Hall–Kier alpha value is -1.06. The van der Waals surface area contributed by atoms with Crippen molar-refractivity contribution < 1.29 is 9.84 Å². The van der Waals surface area contributed by atoms with Crippen LogP contribution < -0.4 is 4.74 Å². The van der Waals surface area contributed by atoms with E-state index in [4.69, 9.17) is 4.74 Å². The van der Waals surface area contributed by atoms with Crippen molar-refractivity contribution in [2.45, 2.75) is 44.2 Å². The average Bonchev–Trinajstić information content (AvgIpc) is 3.09. The minimum atomic E-state index is -0.359. The summed E-state index contributed by atoms with van der Waals surface area (Å²) in [7, 11) is 1.69. The number of aryl methyl sites for hydroxylation is 1. The van der Waals surface area contributed by atoms with E-state index in [0.717, 1.165) is 36.0 Å². The van der Waals surface area contributed by atoms with Crippen molar-refractivity contribution in [3.63, 3.8) is 0 Å². The van der Waals surface area contributed by atoms with Crippen LogP contribution in [0, 0.1) is 11.8 Å². The fourth-order valence-corrected chi connectivity index (χ4v) is 4.80. The van der Waals surface area contributed by atoms with Crippen LogP contribution in [0.4, 0.5) is 0 Å². The number of aliphatic hydroxyl groups excluding tert-OH is 1. The topological polar surface area (TPSA) is 32.7 Å². The van der Waals surface area contributed by atoms with Gasteiger partial charge in [0.05, 0.1) is 13.2 Å². The minimum absolute atomic E-state index is 0.301. The Morgan fingerprint density at radius 1 is 1.14 bits per heavy atom. The maximum Gasteiger partial charge on any atom is 0.119 e. The van der Waals surface area contributed by atoms with E-state index in [1.807, 2.05) is 12.1 Å². The Kier molecular flexibility index (Phi) is 3.43. The number of methoxy groups -OCH3 is 1. The standard InChI is InChI=1S/C18H25NO2/c1-21-15-7-5-12-6-8-17(18(20)16(12)9-15)19-10-13-3-2-4-14(13)11-19/h5,7,9,13-14,17-18,20H,2-4,6,8,10-11H2,1H3. The predicted molar refractivity (Wildman–Crippen MR) is 82.5 cm³/mol. The van der Waals surface area contributed by atoms with Crippen molar-refractivity contribution in [2.75, 3.05) is 20.2 Å². The largest absolute Gasteiger partial charge is 0.497 e. The van der Waals surface area contributed by atoms with Gasteiger partial charge in [-0.15, -0.1) is 0 Å². The van der Waals surface area contributed by atoms with Gasteiger partial charge in [-0.25, -0.2) is 0 Å². The molecule has 0 amide bonds. The smallest absolute Gasteiger partial charge is 0.119 e. The molecule has 1 N–H and O–H groups in total. The highest BCUT2D eigenvalue weighted by Crippen LogP contribution is 2.42. The highest BCUT2D eigenvalue weighted by Gasteiger charge is 2.42. The Morgan fingerprint density at radius 2 is 1.90 bits per heavy atom. The van der Waals surface area contributed by atoms with Crippen LogP contribution in [0.2, 0.25) is 0 Å². The van der Waals surface area contributed by atoms with E-state index in [-0.39, 0.29) is 6.10 Å². The van der Waals surface area contributed by atoms with E-state index in [2.05, 4.69) is 11.0 Å². The normalized spacial score (nSPS) is 35.5. The van der Waals surface area contributed by atoms with Gasteiger partial charge in [-0.05, 0) is 60.8 Å². The van der Waals surface area contributed by atoms with E-state index in [0.29, 0.717) is 6.04 Å². The molecule has 1 saturated carbocycles. The number of hydrogen-bond acceptors (Lipinski definition) is 3. The van der Waals surface area contributed by atoms with Crippen molar-refractivity contribution in [1.29, 1.82) is 0 Å². The molecule has 1 aliphatic heterocycles. The van der Waals surface area contributed by atoms with Crippen molar-refractivity contribution in [3.05, 3.63) is 29.3 Å². The van der Waals surface area contributed by atoms with Gasteiger partial charge in [-0.1, -0.05) is 12.5 Å². The second-order valence-electron chi connectivity index (χ2n) is 7.02. The molecular formula is C18H25NO2. The van der Waals surface area contributed by atoms with Gasteiger partial charge >= 0.3 is 0 Å². The van der Waals surface area contributed by atoms with Crippen LogP contribution in [0.3, 0.4) is 0 Å². The molecule has 3 nitrogen and oxygen atoms in total. The SMILES string of the molecule is COc1ccc2c(c1)C(O)C(N1CC3CCCC3C1)CC2. The van der Waals surface area contributed by atoms with Crippen LogP contribution >= 0.6 is 0 Å². The maximum atomic E-state index is 10.9. The van der Waals surface area contributed by atoms with Crippen LogP contribution in [-0.2, 0) is 6.42 Å². The molecule has 2 aliphatic carbocycles. The van der Waals surface area contributed by atoms with E-state index in [1.165, 1.54) is 37.9 Å². The highest BCUT2D eigenvalue weighted by molar-refractivity contribution is 5.39. The monoisotopic (exact) mass is 287 g/mol. The molecule has 1 aromatic rings. The van der Waals surface area contributed by atoms with Crippen molar-refractivity contribution in [3.8, 4) is 5.75 Å². The van der Waals surface area contributed by atoms with Crippen molar-refractivity contribution in [2.24, 2.45) is 11.8 Å². The third kappa shape index (κ3) is 2.27. The average molecular weight is 287 g/mol. The number of hydrogen-bond donors (Lipinski definition) is 1. The number of likely N-dealkylation sites (tertiary alicyclic amines) is 1. The van der Waals surface area contributed by atoms with Crippen LogP contribution in [0.1, 0.15) is 42.9 Å². The van der Waals surface area contributed by atoms with Gasteiger partial charge in [0.25, 0.3) is 0 Å². The summed E-state index contributed by atoms with van der Waals surface area (Å²) in [4.78, 5) is 2.57. The number of fused-ring (bicyclic) bond motifs is 2. The zero-order valence-corrected chi connectivity index (χ0v) is 12.8. The summed E-state index contributed by atoms with van der Waals surface area (Å²) in [5.41, 5.74) is 2.38. The van der Waals surface area contributed by atoms with Gasteiger partial charge in [-0.2, -0.15) is 0 Å². The Bertz CT molecular complexity index is 518. The summed E-state index contributed by atoms with van der Waals surface area (Å²) in [5.74, 6) is 2.64. The lowest BCUT2D eigenvalue weighted by atomic mass is 9.85. The highest BCUT2D eigenvalue weighted by atomic mass is 16.5. The lowest BCUT2D eigenvalue weighted by molar-refractivity contribution is 0.0444. The first-order valence-electron chi connectivity index (χ1n) is 8.35. The number of nitrogens with zero attached hydrogens (tertiary/aromatic N) is 1. The molecule has 114 valence electrons. The molecule has 0 aromatic heterocycles. The lowest BCUT2D eigenvalue weighted by Crippen LogP contribution is -2.41. The number of aliphatic hydroxyl groups is 1. The first kappa shape index (κ1) is 13.6. The molecule has 0 radical (unpaired) electrons. The molecule has 21 heavy (non-hydrogen) atoms. The lowest BCUT2D eigenvalue weighted by Gasteiger charge is -2.37. The first-order valence-corrected chi connectivity index (χ1v) is 8.35. The summed E-state index contributed by atoms with van der Waals surface area (Å²) >= 11 is 0. The number of benzene rings is 1. The molecule has 4 unspecified atom stereocenters. The molecule has 1 aromatic carbocycles. The maximum absolute atomic E-state index is 10.9. The van der Waals surface area contributed by atoms with Gasteiger partial charge in [0.15, 0.2) is 0 Å². The second-order valence-corrected chi connectivity index (χ2v) is 7.02. The van der Waals surface area contributed by atoms with Crippen molar-refractivity contribution in [1.82, 2.24) is 4.90 Å². The van der Waals surface area contributed by atoms with E-state index in [1.54, 1.807) is 7.11 Å². The van der Waals surface area contributed by atoms with E-state index in [9.17, 15) is 5.11 Å². The Morgan fingerprint density at radius 3 is 2.62 bits per heavy atom. The van der Waals surface area contributed by atoms with Crippen LogP contribution in [0.25, 0.3) is 0 Å². The second kappa shape index (κ2) is 5.29. The Balaban J connectivity index is 1.55. The van der Waals surface area contributed by atoms with Crippen LogP contribution in [-0.4, -0.2) is 36.2 Å². The van der Waals surface area contributed by atoms with Gasteiger partial charge < -0.3 is 9.84 Å². The van der Waals surface area contributed by atoms with Crippen molar-refractivity contribution >= 4 is 0 Å². The summed E-state index contributed by atoms with van der Waals surface area (Å²) in [6.45, 7) is 2.40. The van der Waals surface area contributed by atoms with Gasteiger partial charge in [-0.3, -0.25) is 4.90 Å². The third-order valence-corrected chi connectivity index (χ3v) is 5.97. The zero-order valence-electron chi connectivity index (χ0n) is 12.8. The fourth-order valence-electron chi connectivity index (χ4n) is 4.80. The fraction of sp³-hybridized carbons (Fsp3) is 0.667. The first-order chi connectivity index (χ1) is 10.3. The van der Waals surface area contributed by atoms with Gasteiger partial charge in [0, 0.05) is 19.1 Å². The molecular weight excluding hydrogens is 262 g/mol. The molecule has 4 atom stereocenters. The molecule has 0 bridgehead atoms. The minimum Gasteiger partial charge on any atom is -0.497 e. The zero-order chi connectivity index (χ0) is 14.4. The quantitative estimate of drug-likeness (QED) is 0.908. The number of ether oxygens (including phenoxy) is 1. The summed E-state index contributed by atoms with van der Waals surface area (Å²) in [6.07, 6.45) is 6.01. The summed E-state index contributed by atoms with van der Waals surface area (Å²) in [5, 5.41) is 10.9. The molecule has 3 aliphatic rings. The predicted octanol–water partition coefficient (Wildman–Crippen LogP) is 2.78. The molecule has 2 fully saturated rings. The summed E-state index contributed by atoms with van der Waals surface area (Å²) in [6, 6.07) is 6.46. The van der Waals surface area contributed by atoms with Crippen LogP contribution in [0.15, 0.2) is 18.2 Å². The van der Waals surface area contributed by atoms with Gasteiger partial charge in [0.2, 0.25) is 0 Å². The van der Waals surface area contributed by atoms with E-state index < -0.39 is 0 Å². The molecule has 1 heterocycles. The molecule has 4 rings (SSSR count). The third-order valence-electron chi connectivity index (χ3n) is 5.97. The van der Waals surface area contributed by atoms with Gasteiger partial charge in [0.1, 0.15) is 5.75 Å². The molecule has 3 heteroatoms.